The number of benzene rings is 2. The van der Waals surface area contributed by atoms with Crippen LogP contribution < -0.4 is 14.8 Å². The molecule has 10 heteroatoms. The van der Waals surface area contributed by atoms with E-state index in [0.717, 1.165) is 36.7 Å². The summed E-state index contributed by atoms with van der Waals surface area (Å²) >= 11 is 1.38. The van der Waals surface area contributed by atoms with Crippen molar-refractivity contribution in [3.8, 4) is 11.5 Å². The van der Waals surface area contributed by atoms with Crippen LogP contribution in [0.3, 0.4) is 0 Å². The number of hydrogen-bond acceptors (Lipinski definition) is 8. The van der Waals surface area contributed by atoms with Gasteiger partial charge in [-0.3, -0.25) is 19.8 Å². The van der Waals surface area contributed by atoms with E-state index in [2.05, 4.69) is 15.2 Å². The monoisotopic (exact) mass is 468 g/mol. The first-order chi connectivity index (χ1) is 15.9. The first-order valence-electron chi connectivity index (χ1n) is 10.4. The topological polar surface area (TPSA) is 107 Å². The molecule has 172 valence electrons. The maximum atomic E-state index is 12.3. The molecule has 3 aromatic rings. The van der Waals surface area contributed by atoms with E-state index in [1.54, 1.807) is 26.4 Å². The maximum Gasteiger partial charge on any atom is 0.269 e. The fourth-order valence-electron chi connectivity index (χ4n) is 3.83. The Balaban J connectivity index is 1.33. The maximum absolute atomic E-state index is 12.3. The second-order valence-corrected chi connectivity index (χ2v) is 8.59. The lowest BCUT2D eigenvalue weighted by Crippen LogP contribution is -2.30. The van der Waals surface area contributed by atoms with Crippen molar-refractivity contribution in [2.24, 2.45) is 0 Å². The number of aromatic nitrogens is 1. The van der Waals surface area contributed by atoms with Gasteiger partial charge in [0.1, 0.15) is 0 Å². The van der Waals surface area contributed by atoms with Gasteiger partial charge in [0, 0.05) is 37.1 Å². The number of fused-ring (bicyclic) bond motifs is 1. The summed E-state index contributed by atoms with van der Waals surface area (Å²) in [5, 5.41) is 16.0. The van der Waals surface area contributed by atoms with Gasteiger partial charge in [0.15, 0.2) is 16.6 Å². The second-order valence-electron chi connectivity index (χ2n) is 7.73. The third-order valence-electron chi connectivity index (χ3n) is 5.49. The molecule has 1 aromatic heterocycles. The van der Waals surface area contributed by atoms with Gasteiger partial charge in [0.05, 0.1) is 31.3 Å². The van der Waals surface area contributed by atoms with Crippen molar-refractivity contribution >= 4 is 28.1 Å². The van der Waals surface area contributed by atoms with Crippen LogP contribution in [0, 0.1) is 10.1 Å². The molecule has 0 spiro atoms. The van der Waals surface area contributed by atoms with E-state index in [4.69, 9.17) is 9.47 Å². The molecule has 2 heterocycles. The zero-order valence-electron chi connectivity index (χ0n) is 18.4. The predicted octanol–water partition coefficient (Wildman–Crippen LogP) is 3.81. The standard InChI is InChI=1S/C23H24N4O5S/c1-31-20-10-16-7-8-26(12-17(16)11-21(20)32-2)13-18-14-33-23(24-18)25-22(28)9-15-3-5-19(6-4-15)27(29)30/h3-6,10-11,14H,7-9,12-13H2,1-2H3,(H,24,25,28). The number of rotatable bonds is 8. The number of nitro benzene ring substituents is 1. The third-order valence-corrected chi connectivity index (χ3v) is 6.30. The normalized spacial score (nSPS) is 13.3. The van der Waals surface area contributed by atoms with Crippen LogP contribution in [-0.4, -0.2) is 41.5 Å². The van der Waals surface area contributed by atoms with Crippen LogP contribution in [0.15, 0.2) is 41.8 Å². The molecule has 9 nitrogen and oxygen atoms in total. The van der Waals surface area contributed by atoms with Gasteiger partial charge < -0.3 is 14.8 Å². The Kier molecular flexibility index (Phi) is 6.85. The smallest absolute Gasteiger partial charge is 0.269 e. The zero-order valence-corrected chi connectivity index (χ0v) is 19.2. The van der Waals surface area contributed by atoms with Crippen molar-refractivity contribution < 1.29 is 19.2 Å². The highest BCUT2D eigenvalue weighted by Gasteiger charge is 2.20. The molecule has 0 atom stereocenters. The van der Waals surface area contributed by atoms with Crippen LogP contribution in [0.4, 0.5) is 10.8 Å². The van der Waals surface area contributed by atoms with Crippen molar-refractivity contribution in [3.05, 3.63) is 74.3 Å². The van der Waals surface area contributed by atoms with Crippen LogP contribution in [0.5, 0.6) is 11.5 Å². The highest BCUT2D eigenvalue weighted by atomic mass is 32.1. The molecule has 33 heavy (non-hydrogen) atoms. The molecule has 0 aliphatic carbocycles. The molecule has 0 saturated heterocycles. The van der Waals surface area contributed by atoms with Crippen molar-refractivity contribution in [2.75, 3.05) is 26.1 Å². The van der Waals surface area contributed by atoms with E-state index >= 15 is 0 Å². The number of carbonyl (C=O) groups is 1. The lowest BCUT2D eigenvalue weighted by molar-refractivity contribution is -0.384. The first kappa shape index (κ1) is 22.7. The fourth-order valence-corrected chi connectivity index (χ4v) is 4.54. The molecule has 0 fully saturated rings. The quantitative estimate of drug-likeness (QED) is 0.396. The number of amides is 1. The molecule has 1 aliphatic heterocycles. The molecule has 0 saturated carbocycles. The SMILES string of the molecule is COc1cc2c(cc1OC)CN(Cc1csc(NC(=O)Cc3ccc([N+](=O)[O-])cc3)n1)CC2. The summed E-state index contributed by atoms with van der Waals surface area (Å²) < 4.78 is 10.8. The van der Waals surface area contributed by atoms with Crippen LogP contribution in [0.1, 0.15) is 22.4 Å². The Labute approximate surface area is 195 Å². The summed E-state index contributed by atoms with van der Waals surface area (Å²) in [5.41, 5.74) is 4.08. The van der Waals surface area contributed by atoms with Gasteiger partial charge in [-0.15, -0.1) is 11.3 Å². The molecule has 1 N–H and O–H groups in total. The van der Waals surface area contributed by atoms with E-state index in [0.29, 0.717) is 17.2 Å². The average Bonchev–Trinajstić information content (AvgIpc) is 3.24. The first-order valence-corrected chi connectivity index (χ1v) is 11.3. The Morgan fingerprint density at radius 1 is 1.18 bits per heavy atom. The van der Waals surface area contributed by atoms with Crippen LogP contribution in [0.2, 0.25) is 0 Å². The molecule has 1 amide bonds. The van der Waals surface area contributed by atoms with E-state index < -0.39 is 4.92 Å². The molecule has 0 bridgehead atoms. The zero-order chi connectivity index (χ0) is 23.4. The molecule has 2 aromatic carbocycles. The number of non-ortho nitro benzene ring substituents is 1. The number of methoxy groups -OCH3 is 2. The molecule has 4 rings (SSSR count). The highest BCUT2D eigenvalue weighted by molar-refractivity contribution is 7.13. The van der Waals surface area contributed by atoms with Gasteiger partial charge in [0.2, 0.25) is 5.91 Å². The number of carbonyl (C=O) groups excluding carboxylic acids is 1. The lowest BCUT2D eigenvalue weighted by Gasteiger charge is -2.29. The van der Waals surface area contributed by atoms with E-state index in [1.165, 1.54) is 34.6 Å². The Bertz CT molecular complexity index is 1160. The molecular formula is C23H24N4O5S. The second kappa shape index (κ2) is 9.97. The van der Waals surface area contributed by atoms with Gasteiger partial charge in [-0.1, -0.05) is 12.1 Å². The largest absolute Gasteiger partial charge is 0.493 e. The van der Waals surface area contributed by atoms with Crippen LogP contribution >= 0.6 is 11.3 Å². The average molecular weight is 469 g/mol. The van der Waals surface area contributed by atoms with E-state index in [-0.39, 0.29) is 18.0 Å². The van der Waals surface area contributed by atoms with Crippen molar-refractivity contribution in [1.82, 2.24) is 9.88 Å². The summed E-state index contributed by atoms with van der Waals surface area (Å²) in [5.74, 6) is 1.26. The van der Waals surface area contributed by atoms with Crippen molar-refractivity contribution in [3.63, 3.8) is 0 Å². The van der Waals surface area contributed by atoms with Crippen LogP contribution in [-0.2, 0) is 30.7 Å². The Morgan fingerprint density at radius 3 is 2.55 bits per heavy atom. The number of nitro groups is 1. The van der Waals surface area contributed by atoms with Crippen molar-refractivity contribution in [1.29, 1.82) is 0 Å². The van der Waals surface area contributed by atoms with Crippen LogP contribution in [0.25, 0.3) is 0 Å². The molecule has 0 unspecified atom stereocenters. The summed E-state index contributed by atoms with van der Waals surface area (Å²) in [7, 11) is 3.28. The Hall–Kier alpha value is -3.50. The number of nitrogens with zero attached hydrogens (tertiary/aromatic N) is 3. The van der Waals surface area contributed by atoms with E-state index in [1.807, 2.05) is 17.5 Å². The molecule has 0 radical (unpaired) electrons. The van der Waals surface area contributed by atoms with Gasteiger partial charge in [-0.25, -0.2) is 4.98 Å². The lowest BCUT2D eigenvalue weighted by atomic mass is 9.98. The minimum Gasteiger partial charge on any atom is -0.493 e. The summed E-state index contributed by atoms with van der Waals surface area (Å²) in [6, 6.07) is 10.0. The minimum absolute atomic E-state index is 0.00152. The summed E-state index contributed by atoms with van der Waals surface area (Å²) in [6.45, 7) is 2.37. The van der Waals surface area contributed by atoms with Crippen molar-refractivity contribution in [2.45, 2.75) is 25.9 Å². The fraction of sp³-hybridized carbons (Fsp3) is 0.304. The predicted molar refractivity (Wildman–Crippen MR) is 125 cm³/mol. The number of thiazole rings is 1. The molecular weight excluding hydrogens is 444 g/mol. The van der Waals surface area contributed by atoms with E-state index in [9.17, 15) is 14.9 Å². The molecule has 1 aliphatic rings. The number of anilines is 1. The van der Waals surface area contributed by atoms with Gasteiger partial charge in [-0.05, 0) is 35.2 Å². The minimum atomic E-state index is -0.463. The third kappa shape index (κ3) is 5.47. The van der Waals surface area contributed by atoms with Gasteiger partial charge in [0.25, 0.3) is 5.69 Å². The summed E-state index contributed by atoms with van der Waals surface area (Å²) in [6.07, 6.45) is 1.04. The van der Waals surface area contributed by atoms with Gasteiger partial charge in [-0.2, -0.15) is 0 Å². The number of ether oxygens (including phenoxy) is 2. The van der Waals surface area contributed by atoms with Gasteiger partial charge >= 0.3 is 0 Å². The number of hydrogen-bond donors (Lipinski definition) is 1. The summed E-state index contributed by atoms with van der Waals surface area (Å²) in [4.78, 5) is 29.5. The Morgan fingerprint density at radius 2 is 1.88 bits per heavy atom. The highest BCUT2D eigenvalue weighted by Crippen LogP contribution is 2.33. The number of nitrogens with one attached hydrogen (secondary N) is 1.